The number of alkyl halides is 4. The highest BCUT2D eigenvalue weighted by Crippen LogP contribution is 2.42. The van der Waals surface area contributed by atoms with Gasteiger partial charge in [-0.05, 0) is 30.3 Å². The molecule has 0 aliphatic rings. The molecule has 1 aromatic rings. The van der Waals surface area contributed by atoms with Crippen LogP contribution in [0.3, 0.4) is 0 Å². The van der Waals surface area contributed by atoms with Crippen LogP contribution in [0.25, 0.3) is 0 Å². The average molecular weight is 301 g/mol. The van der Waals surface area contributed by atoms with Crippen molar-refractivity contribution < 1.29 is 18.0 Å². The zero-order chi connectivity index (χ0) is 13.2. The summed E-state index contributed by atoms with van der Waals surface area (Å²) in [6.07, 6.45) is 0. The number of hydrogen-bond acceptors (Lipinski definition) is 3. The molecular formula is C10H8ClF3OS2. The molecule has 1 atom stereocenters. The van der Waals surface area contributed by atoms with E-state index in [1.54, 1.807) is 0 Å². The molecule has 0 radical (unpaired) electrons. The summed E-state index contributed by atoms with van der Waals surface area (Å²) in [4.78, 5) is 11.1. The van der Waals surface area contributed by atoms with Crippen LogP contribution in [0.1, 0.15) is 17.9 Å². The van der Waals surface area contributed by atoms with Crippen LogP contribution >= 0.6 is 36.0 Å². The van der Waals surface area contributed by atoms with Crippen LogP contribution in [-0.2, 0) is 4.79 Å². The van der Waals surface area contributed by atoms with E-state index in [2.05, 4.69) is 12.6 Å². The van der Waals surface area contributed by atoms with Gasteiger partial charge in [0.15, 0.2) is 5.78 Å². The lowest BCUT2D eigenvalue weighted by molar-refractivity contribution is -0.116. The molecule has 1 unspecified atom stereocenters. The molecule has 94 valence electrons. The normalized spacial score (nSPS) is 13.5. The van der Waals surface area contributed by atoms with E-state index in [0.29, 0.717) is 0 Å². The van der Waals surface area contributed by atoms with E-state index in [1.165, 1.54) is 25.1 Å². The van der Waals surface area contributed by atoms with Crippen LogP contribution in [0, 0.1) is 0 Å². The Hall–Kier alpha value is -0.330. The summed E-state index contributed by atoms with van der Waals surface area (Å²) in [6, 6.07) is 4.19. The molecule has 0 amide bonds. The summed E-state index contributed by atoms with van der Waals surface area (Å²) in [5, 5.41) is -0.976. The van der Waals surface area contributed by atoms with Gasteiger partial charge in [0.2, 0.25) is 0 Å². The Balaban J connectivity index is 3.12. The van der Waals surface area contributed by atoms with Gasteiger partial charge in [-0.1, -0.05) is 12.1 Å². The van der Waals surface area contributed by atoms with Crippen molar-refractivity contribution in [3.63, 3.8) is 0 Å². The maximum Gasteiger partial charge on any atom is 0.446 e. The molecule has 0 aliphatic heterocycles. The molecule has 0 bridgehead atoms. The topological polar surface area (TPSA) is 17.1 Å². The smallest absolute Gasteiger partial charge is 0.298 e. The monoisotopic (exact) mass is 300 g/mol. The Labute approximate surface area is 111 Å². The fourth-order valence-corrected chi connectivity index (χ4v) is 2.45. The first kappa shape index (κ1) is 14.7. The van der Waals surface area contributed by atoms with Crippen LogP contribution in [0.2, 0.25) is 0 Å². The summed E-state index contributed by atoms with van der Waals surface area (Å²) < 4.78 is 36.7. The second-order valence-electron chi connectivity index (χ2n) is 3.21. The number of ketones is 1. The molecule has 0 saturated heterocycles. The first-order valence-electron chi connectivity index (χ1n) is 4.44. The van der Waals surface area contributed by atoms with Crippen LogP contribution in [-0.4, -0.2) is 11.3 Å². The van der Waals surface area contributed by atoms with Gasteiger partial charge in [-0.2, -0.15) is 13.2 Å². The van der Waals surface area contributed by atoms with E-state index >= 15 is 0 Å². The summed E-state index contributed by atoms with van der Waals surface area (Å²) in [7, 11) is 0. The highest BCUT2D eigenvalue weighted by molar-refractivity contribution is 8.00. The number of thiol groups is 1. The maximum absolute atomic E-state index is 12.2. The van der Waals surface area contributed by atoms with Crippen LogP contribution in [0.4, 0.5) is 13.2 Å². The Morgan fingerprint density at radius 2 is 2.06 bits per heavy atom. The number of benzene rings is 1. The molecule has 0 spiro atoms. The van der Waals surface area contributed by atoms with Crippen molar-refractivity contribution in [1.29, 1.82) is 0 Å². The van der Waals surface area contributed by atoms with Gasteiger partial charge >= 0.3 is 5.51 Å². The third-order valence-electron chi connectivity index (χ3n) is 1.89. The summed E-state index contributed by atoms with van der Waals surface area (Å²) in [6.45, 7) is 1.27. The number of carbonyl (C=O) groups is 1. The molecular weight excluding hydrogens is 293 g/mol. The molecule has 1 rings (SSSR count). The predicted octanol–water partition coefficient (Wildman–Crippen LogP) is 4.46. The first-order valence-corrected chi connectivity index (χ1v) is 6.14. The van der Waals surface area contributed by atoms with E-state index in [4.69, 9.17) is 11.6 Å². The van der Waals surface area contributed by atoms with Crippen LogP contribution in [0.5, 0.6) is 0 Å². The summed E-state index contributed by atoms with van der Waals surface area (Å²) in [5.74, 6) is -0.337. The highest BCUT2D eigenvalue weighted by Gasteiger charge is 2.31. The summed E-state index contributed by atoms with van der Waals surface area (Å²) >= 11 is 9.52. The van der Waals surface area contributed by atoms with E-state index < -0.39 is 10.9 Å². The largest absolute Gasteiger partial charge is 0.446 e. The molecule has 7 heteroatoms. The predicted molar refractivity (Wildman–Crippen MR) is 64.9 cm³/mol. The van der Waals surface area contributed by atoms with Gasteiger partial charge < -0.3 is 0 Å². The third kappa shape index (κ3) is 4.12. The Kier molecular flexibility index (Phi) is 4.80. The van der Waals surface area contributed by atoms with Crippen molar-refractivity contribution >= 4 is 41.8 Å². The van der Waals surface area contributed by atoms with Gasteiger partial charge in [-0.15, -0.1) is 24.2 Å². The molecule has 17 heavy (non-hydrogen) atoms. The van der Waals surface area contributed by atoms with Crippen molar-refractivity contribution in [3.05, 3.63) is 23.8 Å². The van der Waals surface area contributed by atoms with E-state index in [1.807, 2.05) is 0 Å². The molecule has 0 aliphatic carbocycles. The number of carbonyl (C=O) groups excluding carboxylic acids is 1. The quantitative estimate of drug-likeness (QED) is 0.504. The molecule has 1 aromatic carbocycles. The van der Waals surface area contributed by atoms with Crippen molar-refractivity contribution in [2.45, 2.75) is 27.6 Å². The average Bonchev–Trinajstić information content (AvgIpc) is 2.18. The zero-order valence-corrected chi connectivity index (χ0v) is 11.1. The van der Waals surface area contributed by atoms with Crippen LogP contribution < -0.4 is 0 Å². The minimum atomic E-state index is -4.39. The Bertz CT molecular complexity index is 434. The molecule has 0 aromatic heterocycles. The number of rotatable bonds is 3. The maximum atomic E-state index is 12.2. The van der Waals surface area contributed by atoms with Gasteiger partial charge in [-0.3, -0.25) is 4.79 Å². The minimum Gasteiger partial charge on any atom is -0.298 e. The van der Waals surface area contributed by atoms with Gasteiger partial charge in [0.05, 0.1) is 0 Å². The molecule has 1 nitrogen and oxygen atoms in total. The van der Waals surface area contributed by atoms with Crippen molar-refractivity contribution in [1.82, 2.24) is 0 Å². The molecule has 0 heterocycles. The van der Waals surface area contributed by atoms with E-state index in [0.717, 1.165) is 0 Å². The number of thioether (sulfide) groups is 1. The second-order valence-corrected chi connectivity index (χ2v) is 5.21. The first-order chi connectivity index (χ1) is 7.72. The van der Waals surface area contributed by atoms with Crippen molar-refractivity contribution in [3.8, 4) is 0 Å². The van der Waals surface area contributed by atoms with Crippen molar-refractivity contribution in [2.75, 3.05) is 0 Å². The summed E-state index contributed by atoms with van der Waals surface area (Å²) in [5.41, 5.74) is -4.11. The number of hydrogen-bond donors (Lipinski definition) is 1. The standard InChI is InChI=1S/C10H8ClF3OS2/c1-5(15)8(11)6-3-2-4-7(9(6)16)17-10(12,13)14/h2-4,8,16H,1H3. The van der Waals surface area contributed by atoms with Crippen LogP contribution in [0.15, 0.2) is 28.0 Å². The lowest BCUT2D eigenvalue weighted by Gasteiger charge is -2.13. The molecule has 0 fully saturated rings. The third-order valence-corrected chi connectivity index (χ3v) is 3.87. The fourth-order valence-electron chi connectivity index (χ4n) is 1.17. The van der Waals surface area contributed by atoms with E-state index in [-0.39, 0.29) is 32.9 Å². The van der Waals surface area contributed by atoms with Gasteiger partial charge in [0.1, 0.15) is 5.38 Å². The molecule has 0 N–H and O–H groups in total. The van der Waals surface area contributed by atoms with E-state index in [9.17, 15) is 18.0 Å². The minimum absolute atomic E-state index is 0.0646. The lowest BCUT2D eigenvalue weighted by Crippen LogP contribution is -2.05. The zero-order valence-electron chi connectivity index (χ0n) is 8.58. The fraction of sp³-hybridized carbons (Fsp3) is 0.300. The SMILES string of the molecule is CC(=O)C(Cl)c1cccc(SC(F)(F)F)c1S. The van der Waals surface area contributed by atoms with Gasteiger partial charge in [0, 0.05) is 9.79 Å². The molecule has 0 saturated carbocycles. The van der Waals surface area contributed by atoms with Gasteiger partial charge in [0.25, 0.3) is 0 Å². The second kappa shape index (κ2) is 5.54. The number of Topliss-reactive ketones (excluding diaryl/α,β-unsaturated/α-hetero) is 1. The Morgan fingerprint density at radius 1 is 1.47 bits per heavy atom. The Morgan fingerprint density at radius 3 is 2.53 bits per heavy atom. The highest BCUT2D eigenvalue weighted by atomic mass is 35.5. The van der Waals surface area contributed by atoms with Crippen molar-refractivity contribution in [2.24, 2.45) is 0 Å². The number of halogens is 4. The van der Waals surface area contributed by atoms with Gasteiger partial charge in [-0.25, -0.2) is 0 Å². The lowest BCUT2D eigenvalue weighted by atomic mass is 10.1.